The van der Waals surface area contributed by atoms with Crippen molar-refractivity contribution in [2.75, 3.05) is 18.0 Å². The molecule has 2 aromatic heterocycles. The molecular formula is C21H18FN3O4S2. The van der Waals surface area contributed by atoms with E-state index in [-0.39, 0.29) is 22.4 Å². The van der Waals surface area contributed by atoms with Gasteiger partial charge in [0.25, 0.3) is 15.9 Å². The zero-order valence-electron chi connectivity index (χ0n) is 16.6. The molecule has 0 N–H and O–H groups in total. The number of rotatable bonds is 7. The van der Waals surface area contributed by atoms with Crippen molar-refractivity contribution < 1.29 is 22.1 Å². The van der Waals surface area contributed by atoms with Gasteiger partial charge >= 0.3 is 0 Å². The zero-order valence-corrected chi connectivity index (χ0v) is 18.3. The molecule has 0 unspecified atom stereocenters. The van der Waals surface area contributed by atoms with Gasteiger partial charge in [0.05, 0.1) is 12.3 Å². The summed E-state index contributed by atoms with van der Waals surface area (Å²) in [5.74, 6) is 0.600. The Hall–Kier alpha value is -3.24. The smallest absolute Gasteiger partial charge is 0.269 e. The van der Waals surface area contributed by atoms with Gasteiger partial charge in [-0.2, -0.15) is 4.98 Å². The number of benzene rings is 2. The van der Waals surface area contributed by atoms with Gasteiger partial charge in [-0.05, 0) is 66.9 Å². The molecule has 0 saturated carbocycles. The van der Waals surface area contributed by atoms with Crippen LogP contribution in [-0.4, -0.2) is 32.2 Å². The van der Waals surface area contributed by atoms with Gasteiger partial charge in [0.2, 0.25) is 5.82 Å². The fourth-order valence-corrected chi connectivity index (χ4v) is 5.40. The number of hydrogen-bond acceptors (Lipinski definition) is 7. The first-order chi connectivity index (χ1) is 14.9. The van der Waals surface area contributed by atoms with Crippen molar-refractivity contribution in [3.05, 3.63) is 65.8 Å². The molecule has 10 heteroatoms. The second kappa shape index (κ2) is 8.48. The highest BCUT2D eigenvalue weighted by Gasteiger charge is 2.28. The van der Waals surface area contributed by atoms with Crippen molar-refractivity contribution in [2.24, 2.45) is 0 Å². The van der Waals surface area contributed by atoms with E-state index in [1.165, 1.54) is 53.0 Å². The maximum Gasteiger partial charge on any atom is 0.269 e. The molecule has 2 aromatic carbocycles. The Labute approximate surface area is 182 Å². The Morgan fingerprint density at radius 2 is 1.81 bits per heavy atom. The Kier molecular flexibility index (Phi) is 5.75. The average molecular weight is 460 g/mol. The number of ether oxygens (including phenoxy) is 1. The van der Waals surface area contributed by atoms with Crippen LogP contribution in [0, 0.1) is 5.82 Å². The van der Waals surface area contributed by atoms with Crippen LogP contribution in [0.25, 0.3) is 22.2 Å². The Balaban J connectivity index is 1.65. The normalized spacial score (nSPS) is 11.5. The van der Waals surface area contributed by atoms with Crippen LogP contribution < -0.4 is 9.04 Å². The molecule has 0 bridgehead atoms. The van der Waals surface area contributed by atoms with Crippen LogP contribution in [-0.2, 0) is 10.0 Å². The summed E-state index contributed by atoms with van der Waals surface area (Å²) in [5.41, 5.74) is 1.04. The van der Waals surface area contributed by atoms with E-state index in [0.29, 0.717) is 28.5 Å². The fraction of sp³-hybridized carbons (Fsp3) is 0.143. The summed E-state index contributed by atoms with van der Waals surface area (Å²) in [7, 11) is -2.41. The molecule has 31 heavy (non-hydrogen) atoms. The molecule has 4 rings (SSSR count). The van der Waals surface area contributed by atoms with Crippen molar-refractivity contribution >= 4 is 27.0 Å². The molecule has 0 saturated heterocycles. The van der Waals surface area contributed by atoms with Gasteiger partial charge in [-0.1, -0.05) is 5.16 Å². The molecule has 0 aliphatic carbocycles. The highest BCUT2D eigenvalue weighted by Crippen LogP contribution is 2.35. The van der Waals surface area contributed by atoms with Crippen molar-refractivity contribution in [2.45, 2.75) is 11.8 Å². The first-order valence-corrected chi connectivity index (χ1v) is 11.6. The minimum absolute atomic E-state index is 0.0585. The van der Waals surface area contributed by atoms with Crippen molar-refractivity contribution in [3.63, 3.8) is 0 Å². The first kappa shape index (κ1) is 21.0. The van der Waals surface area contributed by atoms with Gasteiger partial charge in [-0.3, -0.25) is 4.31 Å². The van der Waals surface area contributed by atoms with Crippen molar-refractivity contribution in [1.29, 1.82) is 0 Å². The monoisotopic (exact) mass is 459 g/mol. The summed E-state index contributed by atoms with van der Waals surface area (Å²) in [6.07, 6.45) is 0. The first-order valence-electron chi connectivity index (χ1n) is 9.29. The molecule has 0 atom stereocenters. The van der Waals surface area contributed by atoms with E-state index in [4.69, 9.17) is 9.26 Å². The summed E-state index contributed by atoms with van der Waals surface area (Å²) >= 11 is 1.18. The van der Waals surface area contributed by atoms with Crippen LogP contribution in [0.3, 0.4) is 0 Å². The number of thiophene rings is 1. The van der Waals surface area contributed by atoms with Gasteiger partial charge in [0, 0.05) is 12.6 Å². The summed E-state index contributed by atoms with van der Waals surface area (Å²) in [6.45, 7) is 2.40. The average Bonchev–Trinajstić information content (AvgIpc) is 3.44. The van der Waals surface area contributed by atoms with Gasteiger partial charge in [-0.15, -0.1) is 11.3 Å². The van der Waals surface area contributed by atoms with Gasteiger partial charge in [0.1, 0.15) is 21.3 Å². The molecule has 0 aliphatic rings. The standard InChI is InChI=1S/C21H18FN3O4S2/c1-3-28-17-10-8-16(9-11-17)25(2)31(26,27)18-12-13-30-19(18)21-23-20(24-29-21)14-4-6-15(22)7-5-14/h4-13H,3H2,1-2H3. The van der Waals surface area contributed by atoms with Crippen LogP contribution in [0.2, 0.25) is 0 Å². The topological polar surface area (TPSA) is 85.5 Å². The van der Waals surface area contributed by atoms with Crippen LogP contribution in [0.15, 0.2) is 69.4 Å². The van der Waals surface area contributed by atoms with Crippen LogP contribution in [0.5, 0.6) is 5.75 Å². The third-order valence-electron chi connectivity index (χ3n) is 4.50. The van der Waals surface area contributed by atoms with Crippen LogP contribution in [0.4, 0.5) is 10.1 Å². The number of halogens is 1. The second-order valence-corrected chi connectivity index (χ2v) is 9.30. The maximum atomic E-state index is 13.3. The zero-order chi connectivity index (χ0) is 22.0. The molecular weight excluding hydrogens is 441 g/mol. The SMILES string of the molecule is CCOc1ccc(N(C)S(=O)(=O)c2ccsc2-c2nc(-c3ccc(F)cc3)no2)cc1. The maximum absolute atomic E-state index is 13.3. The van der Waals surface area contributed by atoms with Crippen LogP contribution in [0.1, 0.15) is 6.92 Å². The lowest BCUT2D eigenvalue weighted by molar-refractivity contribution is 0.340. The Morgan fingerprint density at radius 3 is 2.48 bits per heavy atom. The number of anilines is 1. The summed E-state index contributed by atoms with van der Waals surface area (Å²) in [6, 6.07) is 13.9. The quantitative estimate of drug-likeness (QED) is 0.394. The lowest BCUT2D eigenvalue weighted by atomic mass is 10.2. The summed E-state index contributed by atoms with van der Waals surface area (Å²) in [4.78, 5) is 4.69. The molecule has 0 fully saturated rings. The third kappa shape index (κ3) is 4.17. The van der Waals surface area contributed by atoms with E-state index in [9.17, 15) is 12.8 Å². The van der Waals surface area contributed by atoms with Gasteiger partial charge < -0.3 is 9.26 Å². The second-order valence-electron chi connectivity index (χ2n) is 6.44. The van der Waals surface area contributed by atoms with Gasteiger partial charge in [-0.25, -0.2) is 12.8 Å². The largest absolute Gasteiger partial charge is 0.494 e. The van der Waals surface area contributed by atoms with E-state index in [1.54, 1.807) is 29.6 Å². The molecule has 7 nitrogen and oxygen atoms in total. The van der Waals surface area contributed by atoms with Crippen LogP contribution >= 0.6 is 11.3 Å². The minimum atomic E-state index is -3.89. The number of hydrogen-bond donors (Lipinski definition) is 0. The van der Waals surface area contributed by atoms with Gasteiger partial charge in [0.15, 0.2) is 0 Å². The molecule has 0 amide bonds. The highest BCUT2D eigenvalue weighted by molar-refractivity contribution is 7.93. The number of nitrogens with zero attached hydrogens (tertiary/aromatic N) is 3. The molecule has 160 valence electrons. The number of sulfonamides is 1. The van der Waals surface area contributed by atoms with Crippen molar-refractivity contribution in [3.8, 4) is 27.9 Å². The lowest BCUT2D eigenvalue weighted by Crippen LogP contribution is -2.26. The predicted octanol–water partition coefficient (Wildman–Crippen LogP) is 4.83. The van der Waals surface area contributed by atoms with E-state index >= 15 is 0 Å². The number of aromatic nitrogens is 2. The van der Waals surface area contributed by atoms with E-state index in [1.807, 2.05) is 6.92 Å². The predicted molar refractivity (Wildman–Crippen MR) is 116 cm³/mol. The minimum Gasteiger partial charge on any atom is -0.494 e. The van der Waals surface area contributed by atoms with E-state index in [0.717, 1.165) is 0 Å². The molecule has 0 spiro atoms. The summed E-state index contributed by atoms with van der Waals surface area (Å²) in [5, 5.41) is 5.55. The Bertz CT molecular complexity index is 1280. The molecule has 2 heterocycles. The molecule has 0 aliphatic heterocycles. The van der Waals surface area contributed by atoms with Crippen molar-refractivity contribution in [1.82, 2.24) is 10.1 Å². The van der Waals surface area contributed by atoms with E-state index in [2.05, 4.69) is 10.1 Å². The third-order valence-corrected chi connectivity index (χ3v) is 7.36. The highest BCUT2D eigenvalue weighted by atomic mass is 32.2. The van der Waals surface area contributed by atoms with E-state index < -0.39 is 10.0 Å². The lowest BCUT2D eigenvalue weighted by Gasteiger charge is -2.19. The fourth-order valence-electron chi connectivity index (χ4n) is 2.89. The Morgan fingerprint density at radius 1 is 1.10 bits per heavy atom. The molecule has 4 aromatic rings. The summed E-state index contributed by atoms with van der Waals surface area (Å²) < 4.78 is 51.6. The molecule has 0 radical (unpaired) electrons.